The van der Waals surface area contributed by atoms with Gasteiger partial charge in [-0.05, 0) is 17.5 Å². The van der Waals surface area contributed by atoms with Crippen LogP contribution >= 0.6 is 0 Å². The van der Waals surface area contributed by atoms with Crippen LogP contribution in [0.3, 0.4) is 0 Å². The summed E-state index contributed by atoms with van der Waals surface area (Å²) in [5, 5.41) is 3.05. The minimum absolute atomic E-state index is 0.0765. The van der Waals surface area contributed by atoms with E-state index in [1.54, 1.807) is 0 Å². The van der Waals surface area contributed by atoms with E-state index in [9.17, 15) is 4.79 Å². The van der Waals surface area contributed by atoms with Gasteiger partial charge in [0.05, 0.1) is 0 Å². The lowest BCUT2D eigenvalue weighted by Gasteiger charge is -2.31. The highest BCUT2D eigenvalue weighted by atomic mass is 16.5. The Labute approximate surface area is 148 Å². The summed E-state index contributed by atoms with van der Waals surface area (Å²) in [4.78, 5) is 17.7. The second-order valence-electron chi connectivity index (χ2n) is 6.36. The second kappa shape index (κ2) is 7.97. The van der Waals surface area contributed by atoms with E-state index in [4.69, 9.17) is 4.74 Å². The molecule has 1 heterocycles. The minimum atomic E-state index is -0.976. The van der Waals surface area contributed by atoms with Gasteiger partial charge in [0.15, 0.2) is 18.0 Å². The van der Waals surface area contributed by atoms with Gasteiger partial charge in [0.1, 0.15) is 0 Å². The van der Waals surface area contributed by atoms with Crippen LogP contribution in [0, 0.1) is 0 Å². The van der Waals surface area contributed by atoms with E-state index in [1.807, 2.05) is 60.7 Å². The van der Waals surface area contributed by atoms with Crippen molar-refractivity contribution >= 4 is 12.3 Å². The van der Waals surface area contributed by atoms with E-state index < -0.39 is 11.6 Å². The smallest absolute Gasteiger partial charge is 0.252 e. The van der Waals surface area contributed by atoms with E-state index in [0.717, 1.165) is 24.0 Å². The van der Waals surface area contributed by atoms with Crippen LogP contribution in [0.2, 0.25) is 0 Å². The molecule has 1 aliphatic rings. The van der Waals surface area contributed by atoms with Gasteiger partial charge in [-0.3, -0.25) is 4.79 Å². The van der Waals surface area contributed by atoms with Gasteiger partial charge >= 0.3 is 0 Å². The summed E-state index contributed by atoms with van der Waals surface area (Å²) < 4.78 is 5.80. The molecule has 130 valence electrons. The molecule has 25 heavy (non-hydrogen) atoms. The zero-order chi connectivity index (χ0) is 17.5. The van der Waals surface area contributed by atoms with E-state index >= 15 is 0 Å². The van der Waals surface area contributed by atoms with Crippen molar-refractivity contribution in [2.45, 2.75) is 37.8 Å². The van der Waals surface area contributed by atoms with Crippen molar-refractivity contribution in [3.63, 3.8) is 0 Å². The number of unbranched alkanes of at least 4 members (excludes halogenated alkanes) is 1. The number of ether oxygens (including phenoxy) is 1. The summed E-state index contributed by atoms with van der Waals surface area (Å²) in [5.41, 5.74) is 1.05. The van der Waals surface area contributed by atoms with Gasteiger partial charge in [-0.1, -0.05) is 74.0 Å². The molecule has 0 aliphatic carbocycles. The van der Waals surface area contributed by atoms with Crippen LogP contribution in [0.5, 0.6) is 0 Å². The van der Waals surface area contributed by atoms with Crippen LogP contribution in [-0.4, -0.2) is 24.4 Å². The number of hydrogen-bond acceptors (Lipinski definition) is 3. The zero-order valence-corrected chi connectivity index (χ0v) is 14.5. The molecule has 2 aromatic rings. The number of hydrogen-bond donors (Lipinski definition) is 1. The molecule has 4 nitrogen and oxygen atoms in total. The lowest BCUT2D eigenvalue weighted by molar-refractivity contribution is -0.128. The summed E-state index contributed by atoms with van der Waals surface area (Å²) in [7, 11) is 0. The summed E-state index contributed by atoms with van der Waals surface area (Å²) in [6.07, 6.45) is 3.50. The number of benzene rings is 2. The second-order valence-corrected chi connectivity index (χ2v) is 6.36. The fraction of sp³-hybridized carbons (Fsp3) is 0.333. The average Bonchev–Trinajstić information content (AvgIpc) is 3.08. The van der Waals surface area contributed by atoms with Crippen LogP contribution in [-0.2, 0) is 16.0 Å². The number of amides is 1. The number of nitrogens with one attached hydrogen (secondary N) is 1. The summed E-state index contributed by atoms with van der Waals surface area (Å²) >= 11 is 0. The molecule has 2 aromatic carbocycles. The SMILES string of the molecule is CCCCNC(=O)[C@@]1(Cc2ccccc2)N=CO[C@H]1c1ccccc1. The summed E-state index contributed by atoms with van der Waals surface area (Å²) in [6.45, 7) is 2.76. The largest absolute Gasteiger partial charge is 0.472 e. The van der Waals surface area contributed by atoms with E-state index in [2.05, 4.69) is 17.2 Å². The lowest BCUT2D eigenvalue weighted by Crippen LogP contribution is -2.50. The van der Waals surface area contributed by atoms with Gasteiger partial charge in [-0.25, -0.2) is 4.99 Å². The zero-order valence-electron chi connectivity index (χ0n) is 14.5. The molecule has 0 aromatic heterocycles. The van der Waals surface area contributed by atoms with Crippen LogP contribution < -0.4 is 5.32 Å². The molecule has 0 saturated heterocycles. The first-order valence-electron chi connectivity index (χ1n) is 8.82. The van der Waals surface area contributed by atoms with Crippen LogP contribution in [0.4, 0.5) is 0 Å². The Morgan fingerprint density at radius 2 is 1.80 bits per heavy atom. The van der Waals surface area contributed by atoms with Crippen molar-refractivity contribution in [2.75, 3.05) is 6.54 Å². The van der Waals surface area contributed by atoms with Crippen molar-refractivity contribution in [3.8, 4) is 0 Å². The Bertz CT molecular complexity index is 715. The Kier molecular flexibility index (Phi) is 5.49. The highest BCUT2D eigenvalue weighted by Gasteiger charge is 2.50. The quantitative estimate of drug-likeness (QED) is 0.784. The van der Waals surface area contributed by atoms with E-state index in [-0.39, 0.29) is 5.91 Å². The van der Waals surface area contributed by atoms with Crippen LogP contribution in [0.1, 0.15) is 37.0 Å². The fourth-order valence-corrected chi connectivity index (χ4v) is 3.18. The Morgan fingerprint density at radius 1 is 1.12 bits per heavy atom. The maximum atomic E-state index is 13.1. The van der Waals surface area contributed by atoms with Gasteiger partial charge in [0.25, 0.3) is 5.91 Å². The van der Waals surface area contributed by atoms with E-state index in [1.165, 1.54) is 6.40 Å². The first-order valence-corrected chi connectivity index (χ1v) is 8.82. The molecule has 0 saturated carbocycles. The number of carbonyl (C=O) groups is 1. The van der Waals surface area contributed by atoms with Crippen LogP contribution in [0.25, 0.3) is 0 Å². The molecule has 1 amide bonds. The monoisotopic (exact) mass is 336 g/mol. The summed E-state index contributed by atoms with van der Waals surface area (Å²) in [5.74, 6) is -0.0765. The molecule has 2 atom stereocenters. The van der Waals surface area contributed by atoms with Gasteiger partial charge < -0.3 is 10.1 Å². The molecule has 3 rings (SSSR count). The standard InChI is InChI=1S/C21H24N2O2/c1-2-3-14-22-20(24)21(15-17-10-6-4-7-11-17)19(25-16-23-21)18-12-8-5-9-13-18/h4-13,16,19H,2-3,14-15H2,1H3,(H,22,24)/t19-,21-/m0/s1. The highest BCUT2D eigenvalue weighted by molar-refractivity contribution is 5.90. The Balaban J connectivity index is 1.93. The van der Waals surface area contributed by atoms with Crippen molar-refractivity contribution in [3.05, 3.63) is 71.8 Å². The number of aliphatic imine (C=N–C) groups is 1. The minimum Gasteiger partial charge on any atom is -0.472 e. The third kappa shape index (κ3) is 3.73. The third-order valence-electron chi connectivity index (χ3n) is 4.54. The summed E-state index contributed by atoms with van der Waals surface area (Å²) in [6, 6.07) is 19.8. The van der Waals surface area contributed by atoms with Gasteiger partial charge in [0.2, 0.25) is 0 Å². The third-order valence-corrected chi connectivity index (χ3v) is 4.54. The maximum absolute atomic E-state index is 13.1. The molecule has 0 fully saturated rings. The molecule has 0 unspecified atom stereocenters. The maximum Gasteiger partial charge on any atom is 0.252 e. The molecule has 0 bridgehead atoms. The first kappa shape index (κ1) is 17.2. The number of nitrogens with zero attached hydrogens (tertiary/aromatic N) is 1. The topological polar surface area (TPSA) is 50.7 Å². The molecule has 0 spiro atoms. The number of carbonyl (C=O) groups excluding carboxylic acids is 1. The molecule has 0 radical (unpaired) electrons. The Hall–Kier alpha value is -2.62. The first-order chi connectivity index (χ1) is 12.3. The van der Waals surface area contributed by atoms with Gasteiger partial charge in [0, 0.05) is 13.0 Å². The predicted molar refractivity (Wildman–Crippen MR) is 99.6 cm³/mol. The Morgan fingerprint density at radius 3 is 2.48 bits per heavy atom. The van der Waals surface area contributed by atoms with Crippen molar-refractivity contribution in [1.82, 2.24) is 5.32 Å². The van der Waals surface area contributed by atoms with Crippen molar-refractivity contribution in [2.24, 2.45) is 4.99 Å². The van der Waals surface area contributed by atoms with Crippen molar-refractivity contribution < 1.29 is 9.53 Å². The molecular weight excluding hydrogens is 312 g/mol. The van der Waals surface area contributed by atoms with Gasteiger partial charge in [-0.2, -0.15) is 0 Å². The highest BCUT2D eigenvalue weighted by Crippen LogP contribution is 2.39. The molecule has 4 heteroatoms. The predicted octanol–water partition coefficient (Wildman–Crippen LogP) is 3.68. The average molecular weight is 336 g/mol. The normalized spacial score (nSPS) is 21.7. The fourth-order valence-electron chi connectivity index (χ4n) is 3.18. The molecule has 1 aliphatic heterocycles. The van der Waals surface area contributed by atoms with Crippen LogP contribution in [0.15, 0.2) is 65.7 Å². The van der Waals surface area contributed by atoms with Crippen molar-refractivity contribution in [1.29, 1.82) is 0 Å². The lowest BCUT2D eigenvalue weighted by atomic mass is 9.82. The van der Waals surface area contributed by atoms with E-state index in [0.29, 0.717) is 13.0 Å². The molecule has 1 N–H and O–H groups in total. The molecular formula is C21H24N2O2. The van der Waals surface area contributed by atoms with Gasteiger partial charge in [-0.15, -0.1) is 0 Å². The number of rotatable bonds is 7.